The zero-order valence-corrected chi connectivity index (χ0v) is 18.8. The van der Waals surface area contributed by atoms with E-state index in [2.05, 4.69) is 53.5 Å². The van der Waals surface area contributed by atoms with Crippen LogP contribution >= 0.6 is 0 Å². The second-order valence-electron chi connectivity index (χ2n) is 9.11. The number of likely N-dealkylation sites (tertiary alicyclic amines) is 1. The maximum Gasteiger partial charge on any atom is 0.225 e. The standard InChI is InChI=1S/C27H30N2O3/c1-19(2)26(30)29-14-11-24(12-15-29)27(31-16-17-32-27)23-9-7-20(8-10-23)22-6-5-21-4-3-13-28-25(21)18-22/h3-10,13,18-19,24H,11-12,14-17H2,1-2H3. The summed E-state index contributed by atoms with van der Waals surface area (Å²) in [6.45, 7) is 6.65. The van der Waals surface area contributed by atoms with Crippen LogP contribution in [-0.2, 0) is 20.1 Å². The first-order valence-corrected chi connectivity index (χ1v) is 11.6. The molecule has 5 nitrogen and oxygen atoms in total. The molecule has 0 spiro atoms. The van der Waals surface area contributed by atoms with E-state index in [0.717, 1.165) is 53.5 Å². The van der Waals surface area contributed by atoms with Crippen LogP contribution in [0.4, 0.5) is 0 Å². The van der Waals surface area contributed by atoms with Gasteiger partial charge >= 0.3 is 0 Å². The van der Waals surface area contributed by atoms with E-state index in [1.165, 1.54) is 0 Å². The predicted octanol–water partition coefficient (Wildman–Crippen LogP) is 5.00. The Morgan fingerprint density at radius 2 is 1.69 bits per heavy atom. The van der Waals surface area contributed by atoms with Gasteiger partial charge in [0.1, 0.15) is 0 Å². The highest BCUT2D eigenvalue weighted by Crippen LogP contribution is 2.44. The van der Waals surface area contributed by atoms with E-state index in [0.29, 0.717) is 13.2 Å². The average Bonchev–Trinajstić information content (AvgIpc) is 3.35. The van der Waals surface area contributed by atoms with Crippen molar-refractivity contribution in [2.75, 3.05) is 26.3 Å². The van der Waals surface area contributed by atoms with Crippen LogP contribution in [0.5, 0.6) is 0 Å². The minimum absolute atomic E-state index is 0.0392. The largest absolute Gasteiger partial charge is 0.343 e. The van der Waals surface area contributed by atoms with E-state index in [1.54, 1.807) is 0 Å². The molecule has 0 saturated carbocycles. The van der Waals surface area contributed by atoms with Crippen molar-refractivity contribution in [2.45, 2.75) is 32.5 Å². The van der Waals surface area contributed by atoms with Crippen molar-refractivity contribution >= 4 is 16.8 Å². The Morgan fingerprint density at radius 3 is 2.38 bits per heavy atom. The van der Waals surface area contributed by atoms with E-state index in [4.69, 9.17) is 9.47 Å². The monoisotopic (exact) mass is 430 g/mol. The lowest BCUT2D eigenvalue weighted by atomic mass is 9.83. The number of nitrogens with zero attached hydrogens (tertiary/aromatic N) is 2. The summed E-state index contributed by atoms with van der Waals surface area (Å²) in [7, 11) is 0. The molecule has 3 aromatic rings. The quantitative estimate of drug-likeness (QED) is 0.585. The normalized spacial score (nSPS) is 19.0. The molecule has 166 valence electrons. The van der Waals surface area contributed by atoms with Gasteiger partial charge in [-0.05, 0) is 36.1 Å². The van der Waals surface area contributed by atoms with Crippen LogP contribution in [0, 0.1) is 11.8 Å². The Balaban J connectivity index is 1.38. The number of hydrogen-bond acceptors (Lipinski definition) is 4. The Kier molecular flexibility index (Phi) is 5.70. The molecule has 5 heteroatoms. The molecular formula is C27H30N2O3. The fourth-order valence-electron chi connectivity index (χ4n) is 5.05. The maximum atomic E-state index is 12.4. The lowest BCUT2D eigenvalue weighted by molar-refractivity contribution is -0.214. The number of piperidine rings is 1. The van der Waals surface area contributed by atoms with Gasteiger partial charge < -0.3 is 14.4 Å². The Labute approximate surface area is 189 Å². The van der Waals surface area contributed by atoms with E-state index in [1.807, 2.05) is 31.0 Å². The summed E-state index contributed by atoms with van der Waals surface area (Å²) < 4.78 is 12.6. The van der Waals surface area contributed by atoms with Crippen molar-refractivity contribution in [1.29, 1.82) is 0 Å². The van der Waals surface area contributed by atoms with Crippen molar-refractivity contribution in [1.82, 2.24) is 9.88 Å². The second kappa shape index (κ2) is 8.64. The van der Waals surface area contributed by atoms with Gasteiger partial charge in [0.2, 0.25) is 5.91 Å². The summed E-state index contributed by atoms with van der Waals surface area (Å²) in [5.74, 6) is -0.203. The zero-order chi connectivity index (χ0) is 22.1. The molecule has 0 radical (unpaired) electrons. The summed E-state index contributed by atoms with van der Waals surface area (Å²) in [5.41, 5.74) is 4.35. The van der Waals surface area contributed by atoms with Crippen LogP contribution in [0.1, 0.15) is 32.3 Å². The van der Waals surface area contributed by atoms with Gasteiger partial charge in [0.25, 0.3) is 0 Å². The van der Waals surface area contributed by atoms with Gasteiger partial charge in [-0.25, -0.2) is 0 Å². The molecule has 0 N–H and O–H groups in total. The lowest BCUT2D eigenvalue weighted by Gasteiger charge is -2.41. The first-order chi connectivity index (χ1) is 15.6. The van der Waals surface area contributed by atoms with Gasteiger partial charge in [-0.15, -0.1) is 0 Å². The first kappa shape index (κ1) is 21.1. The molecule has 2 aromatic carbocycles. The number of ether oxygens (including phenoxy) is 2. The predicted molar refractivity (Wildman–Crippen MR) is 125 cm³/mol. The number of carbonyl (C=O) groups is 1. The Morgan fingerprint density at radius 1 is 1.00 bits per heavy atom. The molecule has 5 rings (SSSR count). The van der Waals surface area contributed by atoms with Gasteiger partial charge in [-0.1, -0.05) is 56.3 Å². The van der Waals surface area contributed by atoms with Crippen LogP contribution in [0.25, 0.3) is 22.0 Å². The number of benzene rings is 2. The highest BCUT2D eigenvalue weighted by Gasteiger charge is 2.47. The van der Waals surface area contributed by atoms with Crippen LogP contribution in [0.3, 0.4) is 0 Å². The van der Waals surface area contributed by atoms with Crippen LogP contribution in [0.2, 0.25) is 0 Å². The molecule has 0 atom stereocenters. The number of amides is 1. The summed E-state index contributed by atoms with van der Waals surface area (Å²) in [4.78, 5) is 18.9. The second-order valence-corrected chi connectivity index (χ2v) is 9.11. The third kappa shape index (κ3) is 3.80. The van der Waals surface area contributed by atoms with Crippen molar-refractivity contribution in [3.63, 3.8) is 0 Å². The van der Waals surface area contributed by atoms with Crippen molar-refractivity contribution < 1.29 is 14.3 Å². The Bertz CT molecular complexity index is 1100. The number of pyridine rings is 1. The molecule has 32 heavy (non-hydrogen) atoms. The number of hydrogen-bond donors (Lipinski definition) is 0. The highest BCUT2D eigenvalue weighted by molar-refractivity contribution is 5.84. The fraction of sp³-hybridized carbons (Fsp3) is 0.407. The minimum atomic E-state index is -0.712. The molecule has 0 unspecified atom stereocenters. The molecule has 2 aliphatic rings. The number of carbonyl (C=O) groups excluding carboxylic acids is 1. The fourth-order valence-corrected chi connectivity index (χ4v) is 5.05. The number of fused-ring (bicyclic) bond motifs is 1. The molecular weight excluding hydrogens is 400 g/mol. The number of aromatic nitrogens is 1. The molecule has 2 aliphatic heterocycles. The van der Waals surface area contributed by atoms with Crippen molar-refractivity contribution in [3.05, 3.63) is 66.4 Å². The lowest BCUT2D eigenvalue weighted by Crippen LogP contribution is -2.47. The molecule has 0 bridgehead atoms. The summed E-state index contributed by atoms with van der Waals surface area (Å²) >= 11 is 0. The summed E-state index contributed by atoms with van der Waals surface area (Å²) in [6.07, 6.45) is 3.60. The SMILES string of the molecule is CC(C)C(=O)N1CCC(C2(c3ccc(-c4ccc5cccnc5c4)cc3)OCCO2)CC1. The number of rotatable bonds is 4. The molecule has 3 heterocycles. The minimum Gasteiger partial charge on any atom is -0.343 e. The topological polar surface area (TPSA) is 51.7 Å². The van der Waals surface area contributed by atoms with Crippen LogP contribution in [0.15, 0.2) is 60.8 Å². The Hall–Kier alpha value is -2.76. The maximum absolute atomic E-state index is 12.4. The van der Waals surface area contributed by atoms with Crippen LogP contribution in [-0.4, -0.2) is 42.1 Å². The van der Waals surface area contributed by atoms with Gasteiger partial charge in [-0.3, -0.25) is 9.78 Å². The summed E-state index contributed by atoms with van der Waals surface area (Å²) in [5, 5.41) is 1.14. The molecule has 2 fully saturated rings. The van der Waals surface area contributed by atoms with Crippen LogP contribution < -0.4 is 0 Å². The van der Waals surface area contributed by atoms with Crippen molar-refractivity contribution in [3.8, 4) is 11.1 Å². The van der Waals surface area contributed by atoms with E-state index in [9.17, 15) is 4.79 Å². The zero-order valence-electron chi connectivity index (χ0n) is 18.8. The average molecular weight is 431 g/mol. The first-order valence-electron chi connectivity index (χ1n) is 11.6. The molecule has 1 aromatic heterocycles. The van der Waals surface area contributed by atoms with Gasteiger partial charge in [0, 0.05) is 42.1 Å². The van der Waals surface area contributed by atoms with Gasteiger partial charge in [0.15, 0.2) is 5.79 Å². The summed E-state index contributed by atoms with van der Waals surface area (Å²) in [6, 6.07) is 19.0. The van der Waals surface area contributed by atoms with E-state index < -0.39 is 5.79 Å². The molecule has 0 aliphatic carbocycles. The van der Waals surface area contributed by atoms with E-state index >= 15 is 0 Å². The third-order valence-electron chi connectivity index (χ3n) is 6.78. The van der Waals surface area contributed by atoms with Crippen molar-refractivity contribution in [2.24, 2.45) is 11.8 Å². The van der Waals surface area contributed by atoms with E-state index in [-0.39, 0.29) is 17.7 Å². The van der Waals surface area contributed by atoms with Gasteiger partial charge in [0.05, 0.1) is 18.7 Å². The molecule has 2 saturated heterocycles. The third-order valence-corrected chi connectivity index (χ3v) is 6.78. The molecule has 1 amide bonds. The highest BCUT2D eigenvalue weighted by atomic mass is 16.7. The smallest absolute Gasteiger partial charge is 0.225 e. The van der Waals surface area contributed by atoms with Gasteiger partial charge in [-0.2, -0.15) is 0 Å².